The number of halogens is 1. The van der Waals surface area contributed by atoms with Gasteiger partial charge >= 0.3 is 5.97 Å². The van der Waals surface area contributed by atoms with Gasteiger partial charge in [0, 0.05) is 12.2 Å². The Hall–Kier alpha value is -1.78. The molecule has 4 nitrogen and oxygen atoms in total. The lowest BCUT2D eigenvalue weighted by molar-refractivity contribution is 0.0527. The average Bonchev–Trinajstić information content (AvgIpc) is 2.37. The summed E-state index contributed by atoms with van der Waals surface area (Å²) in [6.45, 7) is 4.73. The molecule has 1 aromatic carbocycles. The molecule has 0 spiro atoms. The van der Waals surface area contributed by atoms with Gasteiger partial charge in [0.25, 0.3) is 0 Å². The number of unbranched alkanes of at least 4 members (excludes halogenated alkanes) is 2. The van der Waals surface area contributed by atoms with Crippen LogP contribution in [0.3, 0.4) is 0 Å². The molecule has 0 atom stereocenters. The first-order valence-corrected chi connectivity index (χ1v) is 6.60. The van der Waals surface area contributed by atoms with E-state index in [2.05, 4.69) is 12.2 Å². The van der Waals surface area contributed by atoms with E-state index in [-0.39, 0.29) is 23.5 Å². The smallest absolute Gasteiger partial charge is 0.340 e. The summed E-state index contributed by atoms with van der Waals surface area (Å²) >= 11 is 0. The summed E-state index contributed by atoms with van der Waals surface area (Å²) in [5.41, 5.74) is 6.20. The average molecular weight is 268 g/mol. The predicted octanol–water partition coefficient (Wildman–Crippen LogP) is 3.19. The summed E-state index contributed by atoms with van der Waals surface area (Å²) < 4.78 is 18.6. The molecule has 0 bridgehead atoms. The number of nitrogens with two attached hydrogens (primary N) is 1. The van der Waals surface area contributed by atoms with Gasteiger partial charge in [-0.2, -0.15) is 0 Å². The zero-order valence-electron chi connectivity index (χ0n) is 11.5. The summed E-state index contributed by atoms with van der Waals surface area (Å²) in [5.74, 6) is -0.987. The normalized spacial score (nSPS) is 10.3. The second-order valence-electron chi connectivity index (χ2n) is 4.27. The van der Waals surface area contributed by atoms with Crippen molar-refractivity contribution in [1.29, 1.82) is 0 Å². The van der Waals surface area contributed by atoms with Gasteiger partial charge in [-0.3, -0.25) is 0 Å². The maximum absolute atomic E-state index is 13.7. The lowest BCUT2D eigenvalue weighted by Gasteiger charge is -2.11. The van der Waals surface area contributed by atoms with Gasteiger partial charge in [0.15, 0.2) is 0 Å². The summed E-state index contributed by atoms with van der Waals surface area (Å²) in [6, 6.07) is 2.56. The number of nitrogens with one attached hydrogen (secondary N) is 1. The van der Waals surface area contributed by atoms with Crippen LogP contribution in [0.2, 0.25) is 0 Å². The molecule has 0 saturated heterocycles. The Labute approximate surface area is 113 Å². The topological polar surface area (TPSA) is 64.3 Å². The summed E-state index contributed by atoms with van der Waals surface area (Å²) in [7, 11) is 0. The molecule has 0 fully saturated rings. The fourth-order valence-corrected chi connectivity index (χ4v) is 1.71. The Kier molecular flexibility index (Phi) is 6.12. The van der Waals surface area contributed by atoms with E-state index >= 15 is 0 Å². The molecule has 106 valence electrons. The van der Waals surface area contributed by atoms with Crippen LogP contribution >= 0.6 is 0 Å². The van der Waals surface area contributed by atoms with Gasteiger partial charge in [0.05, 0.1) is 17.9 Å². The van der Waals surface area contributed by atoms with E-state index in [9.17, 15) is 9.18 Å². The minimum absolute atomic E-state index is 0.0926. The second kappa shape index (κ2) is 7.61. The first kappa shape index (κ1) is 15.3. The van der Waals surface area contributed by atoms with Gasteiger partial charge in [-0.1, -0.05) is 19.8 Å². The molecule has 0 amide bonds. The van der Waals surface area contributed by atoms with Crippen LogP contribution in [-0.2, 0) is 4.74 Å². The summed E-state index contributed by atoms with van der Waals surface area (Å²) in [6.07, 6.45) is 3.13. The van der Waals surface area contributed by atoms with E-state index in [1.807, 2.05) is 0 Å². The molecular weight excluding hydrogens is 247 g/mol. The molecule has 19 heavy (non-hydrogen) atoms. The number of carbonyl (C=O) groups is 1. The number of carbonyl (C=O) groups excluding carboxylic acids is 1. The molecule has 0 aromatic heterocycles. The second-order valence-corrected chi connectivity index (χ2v) is 4.27. The van der Waals surface area contributed by atoms with Gasteiger partial charge in [0.2, 0.25) is 0 Å². The van der Waals surface area contributed by atoms with Crippen molar-refractivity contribution in [3.05, 3.63) is 23.5 Å². The van der Waals surface area contributed by atoms with Crippen molar-refractivity contribution >= 4 is 17.3 Å². The Bertz CT molecular complexity index is 436. The molecule has 1 aromatic rings. The molecule has 0 aliphatic heterocycles. The van der Waals surface area contributed by atoms with Crippen molar-refractivity contribution in [2.24, 2.45) is 0 Å². The third-order valence-corrected chi connectivity index (χ3v) is 2.73. The highest BCUT2D eigenvalue weighted by Gasteiger charge is 2.14. The van der Waals surface area contributed by atoms with Crippen molar-refractivity contribution in [3.8, 4) is 0 Å². The third-order valence-electron chi connectivity index (χ3n) is 2.73. The molecule has 0 saturated carbocycles. The molecular formula is C14H21FN2O2. The monoisotopic (exact) mass is 268 g/mol. The van der Waals surface area contributed by atoms with Crippen LogP contribution in [0.25, 0.3) is 0 Å². The number of benzene rings is 1. The molecule has 0 aliphatic carbocycles. The zero-order chi connectivity index (χ0) is 14.3. The van der Waals surface area contributed by atoms with Crippen molar-refractivity contribution in [3.63, 3.8) is 0 Å². The summed E-state index contributed by atoms with van der Waals surface area (Å²) in [4.78, 5) is 11.7. The minimum atomic E-state index is -0.531. The number of rotatable bonds is 7. The molecule has 1 rings (SSSR count). The third kappa shape index (κ3) is 4.43. The maximum Gasteiger partial charge on any atom is 0.340 e. The Morgan fingerprint density at radius 2 is 2.11 bits per heavy atom. The van der Waals surface area contributed by atoms with Gasteiger partial charge in [0.1, 0.15) is 5.82 Å². The number of ether oxygens (including phenoxy) is 1. The SMILES string of the molecule is CCCCCNc1cc(C(=O)OCC)c(N)cc1F. The van der Waals surface area contributed by atoms with Crippen LogP contribution in [0.1, 0.15) is 43.5 Å². The lowest BCUT2D eigenvalue weighted by atomic mass is 10.1. The van der Waals surface area contributed by atoms with Crippen LogP contribution in [0.4, 0.5) is 15.8 Å². The standard InChI is InChI=1S/C14H21FN2O2/c1-3-5-6-7-17-13-8-10(14(18)19-4-2)12(16)9-11(13)15/h8-9,17H,3-7,16H2,1-2H3. The molecule has 0 unspecified atom stereocenters. The number of anilines is 2. The highest BCUT2D eigenvalue weighted by atomic mass is 19.1. The van der Waals surface area contributed by atoms with Crippen LogP contribution < -0.4 is 11.1 Å². The van der Waals surface area contributed by atoms with Crippen molar-refractivity contribution in [1.82, 2.24) is 0 Å². The van der Waals surface area contributed by atoms with E-state index in [1.165, 1.54) is 6.07 Å². The fourth-order valence-electron chi connectivity index (χ4n) is 1.71. The highest BCUT2D eigenvalue weighted by Crippen LogP contribution is 2.23. The van der Waals surface area contributed by atoms with Crippen molar-refractivity contribution < 1.29 is 13.9 Å². The van der Waals surface area contributed by atoms with Crippen molar-refractivity contribution in [2.45, 2.75) is 33.1 Å². The molecule has 5 heteroatoms. The molecule has 0 aliphatic rings. The van der Waals surface area contributed by atoms with Gasteiger partial charge in [-0.25, -0.2) is 9.18 Å². The van der Waals surface area contributed by atoms with Crippen molar-refractivity contribution in [2.75, 3.05) is 24.2 Å². The zero-order valence-corrected chi connectivity index (χ0v) is 11.5. The van der Waals surface area contributed by atoms with E-state index < -0.39 is 11.8 Å². The molecule has 0 heterocycles. The first-order valence-electron chi connectivity index (χ1n) is 6.60. The number of hydrogen-bond acceptors (Lipinski definition) is 4. The van der Waals surface area contributed by atoms with Gasteiger partial charge in [-0.15, -0.1) is 0 Å². The largest absolute Gasteiger partial charge is 0.462 e. The van der Waals surface area contributed by atoms with E-state index in [1.54, 1.807) is 6.92 Å². The van der Waals surface area contributed by atoms with E-state index in [0.29, 0.717) is 6.54 Å². The Morgan fingerprint density at radius 1 is 1.37 bits per heavy atom. The fraction of sp³-hybridized carbons (Fsp3) is 0.500. The number of esters is 1. The predicted molar refractivity (Wildman–Crippen MR) is 74.8 cm³/mol. The van der Waals surface area contributed by atoms with E-state index in [0.717, 1.165) is 25.3 Å². The Balaban J connectivity index is 2.81. The first-order chi connectivity index (χ1) is 9.10. The van der Waals surface area contributed by atoms with Crippen LogP contribution in [0, 0.1) is 5.82 Å². The summed E-state index contributed by atoms with van der Waals surface area (Å²) in [5, 5.41) is 2.97. The van der Waals surface area contributed by atoms with Crippen LogP contribution in [0.5, 0.6) is 0 Å². The van der Waals surface area contributed by atoms with Crippen LogP contribution in [-0.4, -0.2) is 19.1 Å². The molecule has 0 radical (unpaired) electrons. The maximum atomic E-state index is 13.7. The highest BCUT2D eigenvalue weighted by molar-refractivity contribution is 5.96. The van der Waals surface area contributed by atoms with Gasteiger partial charge < -0.3 is 15.8 Å². The van der Waals surface area contributed by atoms with Crippen LogP contribution in [0.15, 0.2) is 12.1 Å². The number of nitrogen functional groups attached to an aromatic ring is 1. The lowest BCUT2D eigenvalue weighted by Crippen LogP contribution is -2.11. The molecule has 3 N–H and O–H groups in total. The quantitative estimate of drug-likeness (QED) is 0.453. The minimum Gasteiger partial charge on any atom is -0.462 e. The van der Waals surface area contributed by atoms with E-state index in [4.69, 9.17) is 10.5 Å². The number of hydrogen-bond donors (Lipinski definition) is 2. The Morgan fingerprint density at radius 3 is 2.74 bits per heavy atom. The van der Waals surface area contributed by atoms with Gasteiger partial charge in [-0.05, 0) is 25.5 Å².